The molecule has 0 aromatic heterocycles. The van der Waals surface area contributed by atoms with Crippen molar-refractivity contribution in [3.8, 4) is 5.75 Å². The molecule has 0 saturated carbocycles. The van der Waals surface area contributed by atoms with Crippen LogP contribution in [0.2, 0.25) is 0 Å². The average molecular weight is 296 g/mol. The molecule has 17 heavy (non-hydrogen) atoms. The second kappa shape index (κ2) is 4.29. The van der Waals surface area contributed by atoms with Crippen LogP contribution in [0.1, 0.15) is 30.9 Å². The van der Waals surface area contributed by atoms with Crippen LogP contribution in [-0.4, -0.2) is 18.7 Å². The van der Waals surface area contributed by atoms with Gasteiger partial charge in [-0.25, -0.2) is 0 Å². The van der Waals surface area contributed by atoms with Crippen LogP contribution in [0.5, 0.6) is 5.75 Å². The molecule has 2 heterocycles. The van der Waals surface area contributed by atoms with Crippen LogP contribution < -0.4 is 10.1 Å². The minimum absolute atomic E-state index is 0.251. The molecule has 1 unspecified atom stereocenters. The number of ether oxygens (including phenoxy) is 1. The molecule has 92 valence electrons. The molecule has 0 radical (unpaired) electrons. The fourth-order valence-electron chi connectivity index (χ4n) is 3.01. The maximum atomic E-state index is 5.79. The van der Waals surface area contributed by atoms with E-state index in [1.54, 1.807) is 0 Å². The molecule has 0 spiro atoms. The van der Waals surface area contributed by atoms with Gasteiger partial charge >= 0.3 is 0 Å². The number of fused-ring (bicyclic) bond motifs is 1. The molecule has 3 heteroatoms. The Morgan fingerprint density at radius 3 is 3.12 bits per heavy atom. The standard InChI is InChI=1S/C14H18BrNO/c1-14(4-2-5-16-14)9-11-8-12(15)7-10-3-6-17-13(10)11/h7-8,16H,2-6,9H2,1H3. The lowest BCUT2D eigenvalue weighted by Crippen LogP contribution is -2.38. The highest BCUT2D eigenvalue weighted by molar-refractivity contribution is 9.10. The summed E-state index contributed by atoms with van der Waals surface area (Å²) in [5, 5.41) is 3.62. The van der Waals surface area contributed by atoms with E-state index in [-0.39, 0.29) is 5.54 Å². The maximum absolute atomic E-state index is 5.79. The summed E-state index contributed by atoms with van der Waals surface area (Å²) in [7, 11) is 0. The van der Waals surface area contributed by atoms with Gasteiger partial charge in [-0.05, 0) is 56.0 Å². The minimum atomic E-state index is 0.251. The number of hydrogen-bond acceptors (Lipinski definition) is 2. The van der Waals surface area contributed by atoms with Gasteiger partial charge in [0.25, 0.3) is 0 Å². The molecule has 1 aromatic rings. The van der Waals surface area contributed by atoms with Crippen LogP contribution in [0.25, 0.3) is 0 Å². The van der Waals surface area contributed by atoms with Crippen LogP contribution >= 0.6 is 15.9 Å². The Balaban J connectivity index is 1.92. The summed E-state index contributed by atoms with van der Waals surface area (Å²) in [6.45, 7) is 4.30. The summed E-state index contributed by atoms with van der Waals surface area (Å²) in [5.74, 6) is 1.14. The van der Waals surface area contributed by atoms with Crippen LogP contribution in [0, 0.1) is 0 Å². The monoisotopic (exact) mass is 295 g/mol. The van der Waals surface area contributed by atoms with Crippen molar-refractivity contribution >= 4 is 15.9 Å². The highest BCUT2D eigenvalue weighted by Gasteiger charge is 2.30. The summed E-state index contributed by atoms with van der Waals surface area (Å²) in [6.07, 6.45) is 4.66. The molecule has 0 bridgehead atoms. The van der Waals surface area contributed by atoms with E-state index in [2.05, 4.69) is 40.3 Å². The Morgan fingerprint density at radius 1 is 1.47 bits per heavy atom. The Kier molecular flexibility index (Phi) is 2.91. The van der Waals surface area contributed by atoms with Gasteiger partial charge in [-0.1, -0.05) is 15.9 Å². The van der Waals surface area contributed by atoms with E-state index in [4.69, 9.17) is 4.74 Å². The molecule has 0 aliphatic carbocycles. The zero-order valence-electron chi connectivity index (χ0n) is 10.2. The van der Waals surface area contributed by atoms with Gasteiger partial charge < -0.3 is 10.1 Å². The summed E-state index contributed by atoms with van der Waals surface area (Å²) in [5.41, 5.74) is 2.96. The summed E-state index contributed by atoms with van der Waals surface area (Å²) < 4.78 is 6.97. The fourth-order valence-corrected chi connectivity index (χ4v) is 3.56. The van der Waals surface area contributed by atoms with Crippen molar-refractivity contribution in [3.05, 3.63) is 27.7 Å². The van der Waals surface area contributed by atoms with Gasteiger partial charge in [0.1, 0.15) is 5.75 Å². The number of halogens is 1. The number of benzene rings is 1. The number of hydrogen-bond donors (Lipinski definition) is 1. The van der Waals surface area contributed by atoms with Crippen molar-refractivity contribution in [1.82, 2.24) is 5.32 Å². The van der Waals surface area contributed by atoms with Crippen molar-refractivity contribution in [2.75, 3.05) is 13.2 Å². The smallest absolute Gasteiger partial charge is 0.125 e. The predicted octanol–water partition coefficient (Wildman–Crippen LogP) is 3.07. The van der Waals surface area contributed by atoms with Crippen molar-refractivity contribution in [3.63, 3.8) is 0 Å². The molecule has 1 N–H and O–H groups in total. The van der Waals surface area contributed by atoms with Gasteiger partial charge in [0.2, 0.25) is 0 Å². The molecular formula is C14H18BrNO. The Morgan fingerprint density at radius 2 is 2.35 bits per heavy atom. The Labute approximate surface area is 111 Å². The SMILES string of the molecule is CC1(Cc2cc(Br)cc3c2OCC3)CCCN1. The molecule has 2 nitrogen and oxygen atoms in total. The van der Waals surface area contributed by atoms with Gasteiger partial charge in [-0.3, -0.25) is 0 Å². The molecule has 1 fully saturated rings. The molecular weight excluding hydrogens is 278 g/mol. The maximum Gasteiger partial charge on any atom is 0.125 e. The molecule has 3 rings (SSSR count). The van der Waals surface area contributed by atoms with Gasteiger partial charge in [-0.2, -0.15) is 0 Å². The van der Waals surface area contributed by atoms with Gasteiger partial charge in [0.05, 0.1) is 6.61 Å². The predicted molar refractivity (Wildman–Crippen MR) is 72.7 cm³/mol. The lowest BCUT2D eigenvalue weighted by Gasteiger charge is -2.25. The lowest BCUT2D eigenvalue weighted by atomic mass is 9.90. The van der Waals surface area contributed by atoms with E-state index < -0.39 is 0 Å². The summed E-state index contributed by atoms with van der Waals surface area (Å²) in [6, 6.07) is 4.41. The minimum Gasteiger partial charge on any atom is -0.493 e. The van der Waals surface area contributed by atoms with E-state index in [0.29, 0.717) is 0 Å². The van der Waals surface area contributed by atoms with E-state index >= 15 is 0 Å². The van der Waals surface area contributed by atoms with Gasteiger partial charge in [-0.15, -0.1) is 0 Å². The van der Waals surface area contributed by atoms with Crippen LogP contribution in [0.15, 0.2) is 16.6 Å². The van der Waals surface area contributed by atoms with E-state index in [1.165, 1.54) is 28.4 Å². The zero-order valence-corrected chi connectivity index (χ0v) is 11.8. The topological polar surface area (TPSA) is 21.3 Å². The van der Waals surface area contributed by atoms with Gasteiger partial charge in [0.15, 0.2) is 0 Å². The highest BCUT2D eigenvalue weighted by atomic mass is 79.9. The lowest BCUT2D eigenvalue weighted by molar-refractivity contribution is 0.345. The van der Waals surface area contributed by atoms with E-state index in [9.17, 15) is 0 Å². The molecule has 2 aliphatic heterocycles. The third kappa shape index (κ3) is 2.23. The average Bonchev–Trinajstić information content (AvgIpc) is 2.86. The zero-order chi connectivity index (χ0) is 11.9. The molecule has 1 saturated heterocycles. The van der Waals surface area contributed by atoms with Crippen molar-refractivity contribution in [2.45, 2.75) is 38.1 Å². The summed E-state index contributed by atoms with van der Waals surface area (Å²) in [4.78, 5) is 0. The highest BCUT2D eigenvalue weighted by Crippen LogP contribution is 2.36. The number of rotatable bonds is 2. The molecule has 0 amide bonds. The second-order valence-electron chi connectivity index (χ2n) is 5.42. The summed E-state index contributed by atoms with van der Waals surface area (Å²) >= 11 is 3.61. The number of nitrogens with one attached hydrogen (secondary N) is 1. The second-order valence-corrected chi connectivity index (χ2v) is 6.34. The quantitative estimate of drug-likeness (QED) is 0.905. The van der Waals surface area contributed by atoms with E-state index in [1.807, 2.05) is 0 Å². The third-order valence-corrected chi connectivity index (χ3v) is 4.32. The van der Waals surface area contributed by atoms with E-state index in [0.717, 1.165) is 31.7 Å². The van der Waals surface area contributed by atoms with Gasteiger partial charge in [0, 0.05) is 16.4 Å². The molecule has 2 aliphatic rings. The van der Waals surface area contributed by atoms with Crippen LogP contribution in [0.3, 0.4) is 0 Å². The van der Waals surface area contributed by atoms with Crippen LogP contribution in [0.4, 0.5) is 0 Å². The Bertz CT molecular complexity index is 438. The Hall–Kier alpha value is -0.540. The molecule has 1 aromatic carbocycles. The first-order valence-electron chi connectivity index (χ1n) is 6.35. The first-order valence-corrected chi connectivity index (χ1v) is 7.15. The third-order valence-electron chi connectivity index (χ3n) is 3.86. The van der Waals surface area contributed by atoms with Crippen molar-refractivity contribution in [2.24, 2.45) is 0 Å². The first-order chi connectivity index (χ1) is 8.16. The van der Waals surface area contributed by atoms with Crippen molar-refractivity contribution in [1.29, 1.82) is 0 Å². The fraction of sp³-hybridized carbons (Fsp3) is 0.571. The molecule has 1 atom stereocenters. The van der Waals surface area contributed by atoms with Crippen molar-refractivity contribution < 1.29 is 4.74 Å². The largest absolute Gasteiger partial charge is 0.493 e. The normalized spacial score (nSPS) is 26.9. The van der Waals surface area contributed by atoms with Crippen LogP contribution in [-0.2, 0) is 12.8 Å². The first kappa shape index (κ1) is 11.5.